The summed E-state index contributed by atoms with van der Waals surface area (Å²) in [6.45, 7) is 33.0. The molecule has 0 saturated carbocycles. The molecule has 24 heteroatoms. The zero-order chi connectivity index (χ0) is 55.6. The van der Waals surface area contributed by atoms with Gasteiger partial charge in [-0.2, -0.15) is 0 Å². The van der Waals surface area contributed by atoms with Gasteiger partial charge in [0.15, 0.2) is 0 Å². The molecule has 0 spiro atoms. The topological polar surface area (TPSA) is 243 Å². The Hall–Kier alpha value is -3.96. The van der Waals surface area contributed by atoms with Crippen LogP contribution in [0.25, 0.3) is 0 Å². The van der Waals surface area contributed by atoms with E-state index in [1.165, 1.54) is 0 Å². The number of benzene rings is 1. The molecule has 3 aromatic heterocycles. The van der Waals surface area contributed by atoms with Crippen LogP contribution in [0.4, 0.5) is 0 Å². The third-order valence-electron chi connectivity index (χ3n) is 14.8. The highest BCUT2D eigenvalue weighted by molar-refractivity contribution is 5.31. The second kappa shape index (κ2) is 31.3. The fourth-order valence-electron chi connectivity index (χ4n) is 11.2. The largest absolute Gasteiger partial charge is 0.392 e. The van der Waals surface area contributed by atoms with Gasteiger partial charge in [-0.25, -0.2) is 14.0 Å². The van der Waals surface area contributed by atoms with Crippen molar-refractivity contribution < 1.29 is 30.6 Å². The van der Waals surface area contributed by atoms with Gasteiger partial charge in [-0.3, -0.25) is 44.1 Å². The van der Waals surface area contributed by atoms with Gasteiger partial charge in [0.05, 0.1) is 91.9 Å². The second-order valence-corrected chi connectivity index (χ2v) is 23.1. The molecule has 0 bridgehead atoms. The smallest absolute Gasteiger partial charge is 0.0967 e. The van der Waals surface area contributed by atoms with Crippen LogP contribution in [-0.2, 0) is 39.3 Å². The molecule has 4 aromatic rings. The van der Waals surface area contributed by atoms with Crippen molar-refractivity contribution in [3.05, 3.63) is 70.6 Å². The van der Waals surface area contributed by atoms with Crippen LogP contribution in [0.15, 0.2) is 36.8 Å². The zero-order valence-corrected chi connectivity index (χ0v) is 47.9. The van der Waals surface area contributed by atoms with Crippen molar-refractivity contribution in [1.29, 1.82) is 0 Å². The summed E-state index contributed by atoms with van der Waals surface area (Å²) in [6, 6.07) is 6.61. The van der Waals surface area contributed by atoms with Crippen molar-refractivity contribution >= 4 is 0 Å². The van der Waals surface area contributed by atoms with Crippen LogP contribution in [-0.4, -0.2) is 313 Å². The van der Waals surface area contributed by atoms with E-state index in [0.29, 0.717) is 78.5 Å². The average molecular weight is 1090 g/mol. The molecule has 6 heterocycles. The Kier molecular flexibility index (Phi) is 24.7. The first-order chi connectivity index (χ1) is 37.4. The van der Waals surface area contributed by atoms with Gasteiger partial charge < -0.3 is 30.6 Å². The van der Waals surface area contributed by atoms with Crippen molar-refractivity contribution in [3.8, 4) is 0 Å². The molecule has 3 saturated heterocycles. The third kappa shape index (κ3) is 22.2. The fraction of sp³-hybridized carbons (Fsp3) is 0.778. The van der Waals surface area contributed by atoms with Crippen LogP contribution in [0.3, 0.4) is 0 Å². The maximum Gasteiger partial charge on any atom is 0.0967 e. The van der Waals surface area contributed by atoms with Crippen LogP contribution in [0.2, 0.25) is 0 Å². The second-order valence-electron chi connectivity index (χ2n) is 23.1. The molecule has 3 aliphatic heterocycles. The number of β-amino-alcohol motifs (C(OH)–C–C–N with tert-alkyl or cyclic N) is 6. The van der Waals surface area contributed by atoms with Gasteiger partial charge >= 0.3 is 0 Å². The Morgan fingerprint density at radius 1 is 0.295 bits per heavy atom. The van der Waals surface area contributed by atoms with E-state index in [4.69, 9.17) is 0 Å². The fourth-order valence-corrected chi connectivity index (χ4v) is 11.2. The van der Waals surface area contributed by atoms with Crippen molar-refractivity contribution in [2.45, 2.75) is 117 Å². The summed E-state index contributed by atoms with van der Waals surface area (Å²) < 4.78 is 5.71. The van der Waals surface area contributed by atoms with Crippen molar-refractivity contribution in [1.82, 2.24) is 89.1 Å². The standard InChI is InChI=1S/C54H96N18O6/c1-43(73)28-61-7-8-62(29-44(2)74)14-20-67(19-13-61)37-52-40-70(58-55-52)34-49-25-50(35-71-41-53(56-59-71)38-68-21-15-63(30-45(3)75)9-10-64(16-22-68)31-46(4)76)27-51(26-49)36-72-42-54(57-60-72)39-69-23-17-65(32-47(5)77)11-12-66(18-24-69)33-48(6)78/h25-27,40-48,73-78H,7-24,28-39H2,1-6H3/t43-,44-,45-,46-,47+,48+/m0/s1. The van der Waals surface area contributed by atoms with Crippen molar-refractivity contribution in [3.63, 3.8) is 0 Å². The molecule has 0 amide bonds. The van der Waals surface area contributed by atoms with Gasteiger partial charge in [-0.1, -0.05) is 33.8 Å². The monoisotopic (exact) mass is 1090 g/mol. The van der Waals surface area contributed by atoms with E-state index in [1.54, 1.807) is 0 Å². The molecule has 1 aromatic carbocycles. The van der Waals surface area contributed by atoms with Crippen LogP contribution in [0.5, 0.6) is 0 Å². The minimum absolute atomic E-state index is 0.423. The number of aromatic nitrogens is 9. The lowest BCUT2D eigenvalue weighted by atomic mass is 10.1. The van der Waals surface area contributed by atoms with E-state index in [9.17, 15) is 30.6 Å². The Bertz CT molecular complexity index is 1980. The van der Waals surface area contributed by atoms with Crippen LogP contribution >= 0.6 is 0 Å². The molecule has 0 unspecified atom stereocenters. The minimum atomic E-state index is -0.423. The SMILES string of the molecule is C[C@H](O)CN1CCN(Cc2cn(Cc3cc(Cn4cc(CN5CCN(C[C@H](C)O)CCN(C[C@H](C)O)CC5)nn4)cc(Cn4cc(CN5CCN(C[C@@H](C)O)CCN(C[C@@H](C)O)CC5)nn4)c3)nn2)CCN(C[C@H](C)O)CC1. The first-order valence-corrected chi connectivity index (χ1v) is 28.8. The Labute approximate surface area is 463 Å². The molecule has 78 heavy (non-hydrogen) atoms. The van der Waals surface area contributed by atoms with Gasteiger partial charge in [-0.15, -0.1) is 15.3 Å². The van der Waals surface area contributed by atoms with Gasteiger partial charge in [-0.05, 0) is 58.2 Å². The van der Waals surface area contributed by atoms with Crippen LogP contribution < -0.4 is 0 Å². The molecule has 3 fully saturated rings. The number of nitrogens with zero attached hydrogens (tertiary/aromatic N) is 18. The highest BCUT2D eigenvalue weighted by Crippen LogP contribution is 2.17. The molecule has 438 valence electrons. The molecular formula is C54H96N18O6. The quantitative estimate of drug-likeness (QED) is 0.0451. The Morgan fingerprint density at radius 3 is 0.654 bits per heavy atom. The number of hydrogen-bond acceptors (Lipinski definition) is 21. The number of hydrogen-bond donors (Lipinski definition) is 6. The number of aliphatic hydroxyl groups is 6. The molecule has 6 atom stereocenters. The summed E-state index contributed by atoms with van der Waals surface area (Å²) in [6.07, 6.45) is 3.57. The highest BCUT2D eigenvalue weighted by atomic mass is 16.3. The van der Waals surface area contributed by atoms with Gasteiger partial charge in [0.1, 0.15) is 0 Å². The zero-order valence-electron chi connectivity index (χ0n) is 47.9. The maximum atomic E-state index is 10.2. The van der Waals surface area contributed by atoms with Crippen molar-refractivity contribution in [2.75, 3.05) is 157 Å². The lowest BCUT2D eigenvalue weighted by Gasteiger charge is -2.27. The average Bonchev–Trinajstić information content (AvgIpc) is 4.15. The number of rotatable bonds is 24. The summed E-state index contributed by atoms with van der Waals surface area (Å²) in [4.78, 5) is 21.0. The summed E-state index contributed by atoms with van der Waals surface area (Å²) >= 11 is 0. The van der Waals surface area contributed by atoms with Gasteiger partial charge in [0.25, 0.3) is 0 Å². The molecular weight excluding hydrogens is 997 g/mol. The maximum absolute atomic E-state index is 10.2. The van der Waals surface area contributed by atoms with Crippen molar-refractivity contribution in [2.24, 2.45) is 0 Å². The molecule has 7 rings (SSSR count). The Balaban J connectivity index is 1.07. The minimum Gasteiger partial charge on any atom is -0.392 e. The molecule has 3 aliphatic rings. The predicted octanol–water partition coefficient (Wildman–Crippen LogP) is -1.85. The van der Waals surface area contributed by atoms with E-state index in [-0.39, 0.29) is 0 Å². The summed E-state index contributed by atoms with van der Waals surface area (Å²) in [7, 11) is 0. The predicted molar refractivity (Wildman–Crippen MR) is 298 cm³/mol. The lowest BCUT2D eigenvalue weighted by molar-refractivity contribution is 0.102. The third-order valence-corrected chi connectivity index (χ3v) is 14.8. The van der Waals surface area contributed by atoms with Gasteiger partial charge in [0.2, 0.25) is 0 Å². The van der Waals surface area contributed by atoms with E-state index in [1.807, 2.05) is 74.2 Å². The normalized spacial score (nSPS) is 21.5. The van der Waals surface area contributed by atoms with Gasteiger partial charge in [0, 0.05) is 177 Å². The summed E-state index contributed by atoms with van der Waals surface area (Å²) in [5.41, 5.74) is 5.82. The van der Waals surface area contributed by atoms with Crippen LogP contribution in [0, 0.1) is 0 Å². The molecule has 0 radical (unpaired) electrons. The van der Waals surface area contributed by atoms with E-state index in [0.717, 1.165) is 152 Å². The molecule has 0 aliphatic carbocycles. The molecule has 24 nitrogen and oxygen atoms in total. The van der Waals surface area contributed by atoms with E-state index in [2.05, 4.69) is 93.2 Å². The summed E-state index contributed by atoms with van der Waals surface area (Å²) in [5, 5.41) is 89.3. The van der Waals surface area contributed by atoms with E-state index < -0.39 is 36.6 Å². The van der Waals surface area contributed by atoms with Crippen LogP contribution in [0.1, 0.15) is 75.3 Å². The number of aliphatic hydroxyl groups excluding tert-OH is 6. The van der Waals surface area contributed by atoms with E-state index >= 15 is 0 Å². The lowest BCUT2D eigenvalue weighted by Crippen LogP contribution is -2.41. The Morgan fingerprint density at radius 2 is 0.474 bits per heavy atom. The first-order valence-electron chi connectivity index (χ1n) is 28.8. The molecule has 6 N–H and O–H groups in total. The highest BCUT2D eigenvalue weighted by Gasteiger charge is 2.23. The first kappa shape index (κ1) is 61.7. The summed E-state index contributed by atoms with van der Waals surface area (Å²) in [5.74, 6) is 0.